The molecule has 0 amide bonds. The maximum Gasteiger partial charge on any atom is 0.0596 e. The van der Waals surface area contributed by atoms with Gasteiger partial charge in [0.05, 0.1) is 5.69 Å². The predicted octanol–water partition coefficient (Wildman–Crippen LogP) is 3.04. The molecule has 2 rings (SSSR count). The summed E-state index contributed by atoms with van der Waals surface area (Å²) in [6.07, 6.45) is 1.02. The van der Waals surface area contributed by atoms with Crippen LogP contribution in [0.2, 0.25) is 0 Å². The zero-order valence-corrected chi connectivity index (χ0v) is 13.3. The Bertz CT molecular complexity index is 522. The van der Waals surface area contributed by atoms with Crippen LogP contribution in [0.3, 0.4) is 0 Å². The van der Waals surface area contributed by atoms with Crippen LogP contribution in [0.15, 0.2) is 41.3 Å². The van der Waals surface area contributed by atoms with Gasteiger partial charge in [-0.05, 0) is 31.7 Å². The van der Waals surface area contributed by atoms with Crippen molar-refractivity contribution in [3.05, 3.63) is 47.8 Å². The van der Waals surface area contributed by atoms with Crippen LogP contribution in [0.1, 0.15) is 18.3 Å². The zero-order chi connectivity index (χ0) is 14.4. The van der Waals surface area contributed by atoms with Crippen molar-refractivity contribution in [3.8, 4) is 0 Å². The van der Waals surface area contributed by atoms with E-state index in [4.69, 9.17) is 0 Å². The first-order chi connectivity index (χ1) is 9.69. The molecule has 0 aliphatic rings. The van der Waals surface area contributed by atoms with E-state index < -0.39 is 0 Å². The normalized spacial score (nSPS) is 12.6. The van der Waals surface area contributed by atoms with Crippen molar-refractivity contribution in [2.75, 3.05) is 12.3 Å². The van der Waals surface area contributed by atoms with E-state index in [2.05, 4.69) is 53.7 Å². The SMILES string of the molecule is CCNC(CSc1ccccc1)Cc1cc(C)nn1C. The molecule has 0 spiro atoms. The van der Waals surface area contributed by atoms with E-state index >= 15 is 0 Å². The van der Waals surface area contributed by atoms with Crippen LogP contribution in [-0.2, 0) is 13.5 Å². The summed E-state index contributed by atoms with van der Waals surface area (Å²) in [5.41, 5.74) is 2.38. The smallest absolute Gasteiger partial charge is 0.0596 e. The van der Waals surface area contributed by atoms with Crippen LogP contribution in [0.4, 0.5) is 0 Å². The fourth-order valence-electron chi connectivity index (χ4n) is 2.30. The standard InChI is InChI=1S/C16H23N3S/c1-4-17-14(11-15-10-13(2)18-19(15)3)12-20-16-8-6-5-7-9-16/h5-10,14,17H,4,11-12H2,1-3H3. The summed E-state index contributed by atoms with van der Waals surface area (Å²) in [5, 5.41) is 8.00. The minimum Gasteiger partial charge on any atom is -0.313 e. The van der Waals surface area contributed by atoms with Crippen molar-refractivity contribution < 1.29 is 0 Å². The zero-order valence-electron chi connectivity index (χ0n) is 12.5. The molecule has 0 saturated carbocycles. The van der Waals surface area contributed by atoms with E-state index in [9.17, 15) is 0 Å². The summed E-state index contributed by atoms with van der Waals surface area (Å²) in [5.74, 6) is 1.07. The van der Waals surface area contributed by atoms with Gasteiger partial charge in [0.15, 0.2) is 0 Å². The second-order valence-electron chi connectivity index (χ2n) is 4.98. The molecule has 1 N–H and O–H groups in total. The fraction of sp³-hybridized carbons (Fsp3) is 0.438. The molecule has 4 heteroatoms. The summed E-state index contributed by atoms with van der Waals surface area (Å²) in [6.45, 7) is 5.20. The molecule has 1 unspecified atom stereocenters. The second-order valence-corrected chi connectivity index (χ2v) is 6.08. The highest BCUT2D eigenvalue weighted by Gasteiger charge is 2.12. The molecule has 0 bridgehead atoms. The van der Waals surface area contributed by atoms with Crippen LogP contribution in [0.25, 0.3) is 0 Å². The number of hydrogen-bond acceptors (Lipinski definition) is 3. The first-order valence-electron chi connectivity index (χ1n) is 7.09. The molecule has 0 aliphatic carbocycles. The lowest BCUT2D eigenvalue weighted by molar-refractivity contribution is 0.549. The van der Waals surface area contributed by atoms with E-state index in [1.165, 1.54) is 10.6 Å². The number of nitrogens with zero attached hydrogens (tertiary/aromatic N) is 2. The maximum atomic E-state index is 4.42. The Balaban J connectivity index is 1.95. The molecular weight excluding hydrogens is 266 g/mol. The molecule has 0 aliphatic heterocycles. The fourth-order valence-corrected chi connectivity index (χ4v) is 3.28. The summed E-state index contributed by atoms with van der Waals surface area (Å²) >= 11 is 1.91. The Morgan fingerprint density at radius 1 is 1.30 bits per heavy atom. The van der Waals surface area contributed by atoms with Crippen LogP contribution in [-0.4, -0.2) is 28.1 Å². The lowest BCUT2D eigenvalue weighted by Gasteiger charge is -2.17. The molecule has 0 radical (unpaired) electrons. The van der Waals surface area contributed by atoms with Crippen LogP contribution < -0.4 is 5.32 Å². The topological polar surface area (TPSA) is 29.9 Å². The molecule has 1 heterocycles. The van der Waals surface area contributed by atoms with Crippen molar-refractivity contribution in [1.82, 2.24) is 15.1 Å². The summed E-state index contributed by atoms with van der Waals surface area (Å²) in [4.78, 5) is 1.33. The third-order valence-electron chi connectivity index (χ3n) is 3.24. The average Bonchev–Trinajstić information content (AvgIpc) is 2.76. The number of aromatic nitrogens is 2. The monoisotopic (exact) mass is 289 g/mol. The summed E-state index contributed by atoms with van der Waals surface area (Å²) in [6, 6.07) is 13.2. The van der Waals surface area contributed by atoms with Crippen molar-refractivity contribution in [3.63, 3.8) is 0 Å². The Morgan fingerprint density at radius 2 is 2.05 bits per heavy atom. The average molecular weight is 289 g/mol. The number of rotatable bonds is 7. The largest absolute Gasteiger partial charge is 0.313 e. The van der Waals surface area contributed by atoms with Gasteiger partial charge in [-0.15, -0.1) is 11.8 Å². The minimum atomic E-state index is 0.472. The van der Waals surface area contributed by atoms with Gasteiger partial charge in [-0.3, -0.25) is 4.68 Å². The van der Waals surface area contributed by atoms with Crippen molar-refractivity contribution in [2.45, 2.75) is 31.2 Å². The Morgan fingerprint density at radius 3 is 2.65 bits per heavy atom. The number of likely N-dealkylation sites (N-methyl/N-ethyl adjacent to an activating group) is 1. The lowest BCUT2D eigenvalue weighted by Crippen LogP contribution is -2.33. The Kier molecular flexibility index (Phi) is 5.68. The maximum absolute atomic E-state index is 4.42. The van der Waals surface area contributed by atoms with Gasteiger partial charge in [-0.1, -0.05) is 25.1 Å². The molecule has 2 aromatic rings. The van der Waals surface area contributed by atoms with Gasteiger partial charge in [-0.25, -0.2) is 0 Å². The van der Waals surface area contributed by atoms with Crippen molar-refractivity contribution in [2.24, 2.45) is 7.05 Å². The number of aryl methyl sites for hydroxylation is 2. The Labute approximate surface area is 125 Å². The number of hydrogen-bond donors (Lipinski definition) is 1. The third kappa shape index (κ3) is 4.39. The second kappa shape index (κ2) is 7.50. The van der Waals surface area contributed by atoms with Crippen molar-refractivity contribution in [1.29, 1.82) is 0 Å². The highest BCUT2D eigenvalue weighted by atomic mass is 32.2. The van der Waals surface area contributed by atoms with Gasteiger partial charge >= 0.3 is 0 Å². The molecule has 20 heavy (non-hydrogen) atoms. The van der Waals surface area contributed by atoms with Gasteiger partial charge in [0, 0.05) is 35.9 Å². The molecule has 1 aromatic carbocycles. The Hall–Kier alpha value is -1.26. The van der Waals surface area contributed by atoms with Crippen molar-refractivity contribution >= 4 is 11.8 Å². The van der Waals surface area contributed by atoms with E-state index in [0.29, 0.717) is 6.04 Å². The van der Waals surface area contributed by atoms with Gasteiger partial charge < -0.3 is 5.32 Å². The molecule has 1 atom stereocenters. The first-order valence-corrected chi connectivity index (χ1v) is 8.08. The highest BCUT2D eigenvalue weighted by Crippen LogP contribution is 2.19. The molecular formula is C16H23N3S. The summed E-state index contributed by atoms with van der Waals surface area (Å²) in [7, 11) is 2.02. The van der Waals surface area contributed by atoms with E-state index in [0.717, 1.165) is 24.4 Å². The van der Waals surface area contributed by atoms with Gasteiger partial charge in [-0.2, -0.15) is 5.10 Å². The van der Waals surface area contributed by atoms with Gasteiger partial charge in [0.2, 0.25) is 0 Å². The number of thioether (sulfide) groups is 1. The van der Waals surface area contributed by atoms with Gasteiger partial charge in [0.25, 0.3) is 0 Å². The van der Waals surface area contributed by atoms with E-state index in [1.807, 2.05) is 30.4 Å². The van der Waals surface area contributed by atoms with Crippen LogP contribution >= 0.6 is 11.8 Å². The molecule has 3 nitrogen and oxygen atoms in total. The minimum absolute atomic E-state index is 0.472. The van der Waals surface area contributed by atoms with E-state index in [1.54, 1.807) is 0 Å². The number of benzene rings is 1. The predicted molar refractivity (Wildman–Crippen MR) is 86.3 cm³/mol. The molecule has 0 saturated heterocycles. The molecule has 108 valence electrons. The lowest BCUT2D eigenvalue weighted by atomic mass is 10.1. The van der Waals surface area contributed by atoms with Crippen LogP contribution in [0.5, 0.6) is 0 Å². The first kappa shape index (κ1) is 15.1. The third-order valence-corrected chi connectivity index (χ3v) is 4.42. The quantitative estimate of drug-likeness (QED) is 0.795. The van der Waals surface area contributed by atoms with Crippen LogP contribution in [0, 0.1) is 6.92 Å². The highest BCUT2D eigenvalue weighted by molar-refractivity contribution is 7.99. The number of nitrogens with one attached hydrogen (secondary N) is 1. The summed E-state index contributed by atoms with van der Waals surface area (Å²) < 4.78 is 1.99. The molecule has 1 aromatic heterocycles. The van der Waals surface area contributed by atoms with Gasteiger partial charge in [0.1, 0.15) is 0 Å². The van der Waals surface area contributed by atoms with E-state index in [-0.39, 0.29) is 0 Å². The molecule has 0 fully saturated rings.